The van der Waals surface area contributed by atoms with E-state index < -0.39 is 5.91 Å². The zero-order chi connectivity index (χ0) is 13.8. The van der Waals surface area contributed by atoms with Crippen molar-refractivity contribution in [2.24, 2.45) is 11.7 Å². The van der Waals surface area contributed by atoms with E-state index in [-0.39, 0.29) is 5.91 Å². The summed E-state index contributed by atoms with van der Waals surface area (Å²) in [4.78, 5) is 25.3. The highest BCUT2D eigenvalue weighted by Gasteiger charge is 2.26. The molecule has 0 aliphatic heterocycles. The van der Waals surface area contributed by atoms with Gasteiger partial charge in [-0.1, -0.05) is 6.92 Å². The third-order valence-corrected chi connectivity index (χ3v) is 3.37. The molecule has 1 aliphatic carbocycles. The van der Waals surface area contributed by atoms with Crippen LogP contribution in [0.4, 0.5) is 0 Å². The topological polar surface area (TPSA) is 63.4 Å². The Morgan fingerprint density at radius 1 is 1.21 bits per heavy atom. The molecule has 102 valence electrons. The van der Waals surface area contributed by atoms with Crippen LogP contribution in [0.3, 0.4) is 0 Å². The van der Waals surface area contributed by atoms with Gasteiger partial charge in [-0.25, -0.2) is 0 Å². The van der Waals surface area contributed by atoms with Crippen LogP contribution in [-0.2, 0) is 0 Å². The highest BCUT2D eigenvalue weighted by molar-refractivity contribution is 5.97. The number of benzene rings is 1. The molecule has 2 N–H and O–H groups in total. The molecule has 0 unspecified atom stereocenters. The molecule has 4 nitrogen and oxygen atoms in total. The van der Waals surface area contributed by atoms with Crippen LogP contribution >= 0.6 is 0 Å². The molecule has 0 atom stereocenters. The average Bonchev–Trinajstić information content (AvgIpc) is 3.21. The fraction of sp³-hybridized carbons (Fsp3) is 0.467. The lowest BCUT2D eigenvalue weighted by Gasteiger charge is -2.22. The summed E-state index contributed by atoms with van der Waals surface area (Å²) in [6.07, 6.45) is 3.42. The number of hydrogen-bond donors (Lipinski definition) is 1. The summed E-state index contributed by atoms with van der Waals surface area (Å²) in [5.74, 6) is 0.257. The lowest BCUT2D eigenvalue weighted by molar-refractivity contribution is 0.0747. The van der Waals surface area contributed by atoms with Gasteiger partial charge in [-0.05, 0) is 49.4 Å². The summed E-state index contributed by atoms with van der Waals surface area (Å²) in [7, 11) is 0. The first-order valence-corrected chi connectivity index (χ1v) is 6.81. The van der Waals surface area contributed by atoms with Crippen molar-refractivity contribution in [1.82, 2.24) is 4.90 Å². The van der Waals surface area contributed by atoms with Crippen molar-refractivity contribution in [3.05, 3.63) is 35.4 Å². The van der Waals surface area contributed by atoms with Crippen LogP contribution < -0.4 is 5.73 Å². The molecular formula is C15H20N2O2. The monoisotopic (exact) mass is 260 g/mol. The van der Waals surface area contributed by atoms with Gasteiger partial charge in [-0.3, -0.25) is 9.59 Å². The molecule has 4 heteroatoms. The smallest absolute Gasteiger partial charge is 0.253 e. The molecule has 0 radical (unpaired) electrons. The summed E-state index contributed by atoms with van der Waals surface area (Å²) in [6, 6.07) is 6.57. The van der Waals surface area contributed by atoms with Crippen LogP contribution in [-0.4, -0.2) is 29.8 Å². The quantitative estimate of drug-likeness (QED) is 0.850. The summed E-state index contributed by atoms with van der Waals surface area (Å²) >= 11 is 0. The van der Waals surface area contributed by atoms with Crippen LogP contribution in [0.15, 0.2) is 24.3 Å². The maximum absolute atomic E-state index is 12.4. The summed E-state index contributed by atoms with van der Waals surface area (Å²) in [5.41, 5.74) is 6.24. The van der Waals surface area contributed by atoms with Crippen LogP contribution in [0.25, 0.3) is 0 Å². The van der Waals surface area contributed by atoms with Crippen molar-refractivity contribution in [2.75, 3.05) is 13.1 Å². The molecule has 0 saturated heterocycles. The van der Waals surface area contributed by atoms with Gasteiger partial charge in [0.1, 0.15) is 0 Å². The van der Waals surface area contributed by atoms with Crippen LogP contribution in [0.5, 0.6) is 0 Å². The summed E-state index contributed by atoms with van der Waals surface area (Å²) in [6.45, 7) is 3.71. The SMILES string of the molecule is CCCN(CC1CC1)C(=O)c1ccc(C(N)=O)cc1. The van der Waals surface area contributed by atoms with Crippen molar-refractivity contribution in [3.8, 4) is 0 Å². The van der Waals surface area contributed by atoms with E-state index in [0.29, 0.717) is 17.0 Å². The van der Waals surface area contributed by atoms with Gasteiger partial charge < -0.3 is 10.6 Å². The number of carbonyl (C=O) groups is 2. The van der Waals surface area contributed by atoms with E-state index in [4.69, 9.17) is 5.73 Å². The molecule has 0 heterocycles. The zero-order valence-corrected chi connectivity index (χ0v) is 11.3. The zero-order valence-electron chi connectivity index (χ0n) is 11.3. The molecule has 1 fully saturated rings. The predicted molar refractivity (Wildman–Crippen MR) is 73.9 cm³/mol. The van der Waals surface area contributed by atoms with Gasteiger partial charge in [0.25, 0.3) is 5.91 Å². The standard InChI is InChI=1S/C15H20N2O2/c1-2-9-17(10-11-3-4-11)15(19)13-7-5-12(6-8-13)14(16)18/h5-8,11H,2-4,9-10H2,1H3,(H2,16,18). The summed E-state index contributed by atoms with van der Waals surface area (Å²) in [5, 5.41) is 0. The van der Waals surface area contributed by atoms with Gasteiger partial charge in [0.05, 0.1) is 0 Å². The fourth-order valence-corrected chi connectivity index (χ4v) is 2.12. The fourth-order valence-electron chi connectivity index (χ4n) is 2.12. The van der Waals surface area contributed by atoms with Crippen LogP contribution in [0, 0.1) is 5.92 Å². The molecule has 0 bridgehead atoms. The Kier molecular flexibility index (Phi) is 4.20. The Morgan fingerprint density at radius 2 is 1.79 bits per heavy atom. The number of rotatable bonds is 6. The molecule has 0 spiro atoms. The molecule has 2 amide bonds. The van der Waals surface area contributed by atoms with E-state index in [2.05, 4.69) is 6.92 Å². The van der Waals surface area contributed by atoms with Crippen molar-refractivity contribution in [3.63, 3.8) is 0 Å². The van der Waals surface area contributed by atoms with Gasteiger partial charge in [0, 0.05) is 24.2 Å². The third-order valence-electron chi connectivity index (χ3n) is 3.37. The number of nitrogens with zero attached hydrogens (tertiary/aromatic N) is 1. The maximum atomic E-state index is 12.4. The van der Waals surface area contributed by atoms with Gasteiger partial charge in [-0.2, -0.15) is 0 Å². The van der Waals surface area contributed by atoms with Gasteiger partial charge in [-0.15, -0.1) is 0 Å². The molecule has 1 aliphatic rings. The Labute approximate surface area is 113 Å². The average molecular weight is 260 g/mol. The molecule has 0 aromatic heterocycles. The van der Waals surface area contributed by atoms with Crippen molar-refractivity contribution in [1.29, 1.82) is 0 Å². The van der Waals surface area contributed by atoms with Crippen LogP contribution in [0.1, 0.15) is 46.9 Å². The van der Waals surface area contributed by atoms with Gasteiger partial charge in [0.15, 0.2) is 0 Å². The number of primary amides is 1. The Morgan fingerprint density at radius 3 is 2.26 bits per heavy atom. The second-order valence-corrected chi connectivity index (χ2v) is 5.14. The molecule has 1 saturated carbocycles. The minimum absolute atomic E-state index is 0.0461. The Balaban J connectivity index is 2.08. The first kappa shape index (κ1) is 13.6. The molecule has 1 aromatic carbocycles. The lowest BCUT2D eigenvalue weighted by atomic mass is 10.1. The van der Waals surface area contributed by atoms with Crippen molar-refractivity contribution in [2.45, 2.75) is 26.2 Å². The van der Waals surface area contributed by atoms with E-state index >= 15 is 0 Å². The predicted octanol–water partition coefficient (Wildman–Crippen LogP) is 2.05. The van der Waals surface area contributed by atoms with Gasteiger partial charge >= 0.3 is 0 Å². The number of carbonyl (C=O) groups excluding carboxylic acids is 2. The number of hydrogen-bond acceptors (Lipinski definition) is 2. The molecule has 19 heavy (non-hydrogen) atoms. The second-order valence-electron chi connectivity index (χ2n) is 5.14. The minimum Gasteiger partial charge on any atom is -0.366 e. The number of nitrogens with two attached hydrogens (primary N) is 1. The maximum Gasteiger partial charge on any atom is 0.253 e. The van der Waals surface area contributed by atoms with Crippen molar-refractivity contribution >= 4 is 11.8 Å². The first-order valence-electron chi connectivity index (χ1n) is 6.81. The lowest BCUT2D eigenvalue weighted by Crippen LogP contribution is -2.33. The minimum atomic E-state index is -0.470. The first-order chi connectivity index (χ1) is 9.11. The summed E-state index contributed by atoms with van der Waals surface area (Å²) < 4.78 is 0. The normalized spacial score (nSPS) is 14.2. The van der Waals surface area contributed by atoms with E-state index in [1.165, 1.54) is 12.8 Å². The van der Waals surface area contributed by atoms with E-state index in [9.17, 15) is 9.59 Å². The molecular weight excluding hydrogens is 240 g/mol. The molecule has 1 aromatic rings. The van der Waals surface area contributed by atoms with E-state index in [1.807, 2.05) is 4.90 Å². The van der Waals surface area contributed by atoms with Gasteiger partial charge in [0.2, 0.25) is 5.91 Å². The van der Waals surface area contributed by atoms with Crippen LogP contribution in [0.2, 0.25) is 0 Å². The Hall–Kier alpha value is -1.84. The third kappa shape index (κ3) is 3.56. The van der Waals surface area contributed by atoms with Crippen molar-refractivity contribution < 1.29 is 9.59 Å². The second kappa shape index (κ2) is 5.87. The Bertz CT molecular complexity index is 464. The van der Waals surface area contributed by atoms with E-state index in [1.54, 1.807) is 24.3 Å². The number of amides is 2. The highest BCUT2D eigenvalue weighted by atomic mass is 16.2. The van der Waals surface area contributed by atoms with E-state index in [0.717, 1.165) is 19.5 Å². The highest BCUT2D eigenvalue weighted by Crippen LogP contribution is 2.30. The largest absolute Gasteiger partial charge is 0.366 e. The molecule has 2 rings (SSSR count).